The van der Waals surface area contributed by atoms with Gasteiger partial charge in [-0.2, -0.15) is 26.3 Å². The van der Waals surface area contributed by atoms with Gasteiger partial charge in [-0.05, 0) is 0 Å². The van der Waals surface area contributed by atoms with Gasteiger partial charge in [-0.3, -0.25) is 19.9 Å². The van der Waals surface area contributed by atoms with Gasteiger partial charge in [0.05, 0.1) is 38.3 Å². The van der Waals surface area contributed by atoms with Crippen LogP contribution in [0.1, 0.15) is 15.0 Å². The van der Waals surface area contributed by atoms with Gasteiger partial charge in [-0.15, -0.1) is 34.0 Å². The van der Waals surface area contributed by atoms with Crippen LogP contribution in [0.25, 0.3) is 0 Å². The topological polar surface area (TPSA) is 193 Å². The molecular weight excluding hydrogens is 764 g/mol. The Kier molecular flexibility index (Phi) is 19.8. The molecule has 252 valence electrons. The third-order valence-corrected chi connectivity index (χ3v) is 7.43. The maximum Gasteiger partial charge on any atom is 2.00 e. The number of aliphatic imine (C=N–C) groups is 3. The van der Waals surface area contributed by atoms with Gasteiger partial charge in [0.15, 0.2) is 20.2 Å². The monoisotopic (exact) mass is 785 g/mol. The molecule has 0 atom stereocenters. The number of rotatable bonds is 12. The second-order valence-corrected chi connectivity index (χ2v) is 12.9. The van der Waals surface area contributed by atoms with Gasteiger partial charge in [0.25, 0.3) is 0 Å². The molecule has 0 bridgehead atoms. The van der Waals surface area contributed by atoms with E-state index >= 15 is 0 Å². The van der Waals surface area contributed by atoms with Crippen molar-refractivity contribution in [2.45, 2.75) is 11.0 Å². The van der Waals surface area contributed by atoms with Crippen LogP contribution in [-0.2, 0) is 37.3 Å². The van der Waals surface area contributed by atoms with E-state index in [1.165, 1.54) is 0 Å². The molecule has 0 aliphatic rings. The van der Waals surface area contributed by atoms with E-state index in [0.717, 1.165) is 54.3 Å². The number of halogens is 6. The summed E-state index contributed by atoms with van der Waals surface area (Å²) in [6.45, 7) is 4.77. The zero-order valence-corrected chi connectivity index (χ0v) is 27.4. The molecule has 0 aliphatic heterocycles. The van der Waals surface area contributed by atoms with Crippen molar-refractivity contribution < 1.29 is 69.4 Å². The molecule has 3 aromatic heterocycles. The number of nitrogens with zero attached hydrogens (tertiary/aromatic N) is 7. The number of thiazole rings is 3. The molecule has 0 saturated heterocycles. The smallest absolute Gasteiger partial charge is 0.741 e. The first-order valence-electron chi connectivity index (χ1n) is 11.3. The van der Waals surface area contributed by atoms with Crippen LogP contribution >= 0.6 is 34.0 Å². The van der Waals surface area contributed by atoms with Gasteiger partial charge >= 0.3 is 28.1 Å². The molecule has 0 spiro atoms. The number of hydrogen-bond acceptors (Lipinski definition) is 16. The van der Waals surface area contributed by atoms with E-state index in [1.54, 1.807) is 52.6 Å². The summed E-state index contributed by atoms with van der Waals surface area (Å²) in [4.78, 5) is 28.4. The Morgan fingerprint density at radius 3 is 1.07 bits per heavy atom. The third kappa shape index (κ3) is 19.8. The maximum atomic E-state index is 10.7. The second kappa shape index (κ2) is 20.8. The molecule has 0 aliphatic carbocycles. The van der Waals surface area contributed by atoms with Gasteiger partial charge in [0, 0.05) is 54.4 Å². The fourth-order valence-electron chi connectivity index (χ4n) is 2.26. The van der Waals surface area contributed by atoms with Crippen LogP contribution < -0.4 is 0 Å². The molecule has 45 heavy (non-hydrogen) atoms. The molecule has 0 amide bonds. The fourth-order valence-corrected chi connectivity index (χ4v) is 3.81. The Labute approximate surface area is 275 Å². The zero-order valence-electron chi connectivity index (χ0n) is 22.2. The molecule has 3 aromatic rings. The van der Waals surface area contributed by atoms with Crippen molar-refractivity contribution in [1.82, 2.24) is 19.9 Å². The molecular formula is C20H21F6FeN7O6S5. The van der Waals surface area contributed by atoms with Crippen LogP contribution in [0.5, 0.6) is 0 Å². The molecule has 0 saturated carbocycles. The average Bonchev–Trinajstić information content (AvgIpc) is 3.69. The Morgan fingerprint density at radius 1 is 0.644 bits per heavy atom. The quantitative estimate of drug-likeness (QED) is 0.0866. The minimum absolute atomic E-state index is 0. The minimum Gasteiger partial charge on any atom is -0.741 e. The van der Waals surface area contributed by atoms with Crippen molar-refractivity contribution in [2.24, 2.45) is 15.0 Å². The number of hydrogen-bond donors (Lipinski definition) is 0. The molecule has 0 N–H and O–H groups in total. The molecule has 0 unspecified atom stereocenters. The second-order valence-electron chi connectivity index (χ2n) is 7.36. The standard InChI is InChI=1S/C18H21N7S3.2CHF3O3S.Fe/c1(19-13-16-22-4-10-26-16)7-25(8-2-20-14-17-23-5-11-27-17)9-3-21-15-18-24-6-12-28-18;2*2-1(3,4)8(5,6)7;/h4-6,10-15H,1-3,7-9H2;2*(H,5,6,7);/q;;;+2/p-2. The summed E-state index contributed by atoms with van der Waals surface area (Å²) in [5, 5.41) is 8.67. The van der Waals surface area contributed by atoms with Crippen molar-refractivity contribution in [3.8, 4) is 0 Å². The van der Waals surface area contributed by atoms with E-state index in [0.29, 0.717) is 0 Å². The molecule has 0 aromatic carbocycles. The van der Waals surface area contributed by atoms with Crippen molar-refractivity contribution in [3.05, 3.63) is 49.8 Å². The summed E-state index contributed by atoms with van der Waals surface area (Å²) in [7, 11) is -12.2. The first kappa shape index (κ1) is 42.8. The Bertz CT molecular complexity index is 1350. The first-order valence-corrected chi connectivity index (χ1v) is 16.8. The van der Waals surface area contributed by atoms with E-state index < -0.39 is 31.3 Å². The summed E-state index contributed by atoms with van der Waals surface area (Å²) >= 11 is 4.77. The summed E-state index contributed by atoms with van der Waals surface area (Å²) in [6, 6.07) is 0. The van der Waals surface area contributed by atoms with Crippen LogP contribution in [0.3, 0.4) is 0 Å². The van der Waals surface area contributed by atoms with Crippen molar-refractivity contribution in [2.75, 3.05) is 39.3 Å². The molecule has 3 rings (SSSR count). The van der Waals surface area contributed by atoms with E-state index in [4.69, 9.17) is 25.9 Å². The summed E-state index contributed by atoms with van der Waals surface area (Å²) in [5.74, 6) is 0. The van der Waals surface area contributed by atoms with Gasteiger partial charge in [0.1, 0.15) is 15.0 Å². The van der Waals surface area contributed by atoms with Crippen LogP contribution in [0.4, 0.5) is 26.3 Å². The third-order valence-electron chi connectivity index (χ3n) is 4.16. The van der Waals surface area contributed by atoms with E-state index in [9.17, 15) is 26.3 Å². The predicted molar refractivity (Wildman–Crippen MR) is 152 cm³/mol. The molecule has 0 fully saturated rings. The maximum absolute atomic E-state index is 10.7. The average molecular weight is 786 g/mol. The summed E-state index contributed by atoms with van der Waals surface area (Å²) < 4.78 is 118. The van der Waals surface area contributed by atoms with Crippen molar-refractivity contribution >= 4 is 72.9 Å². The Hall–Kier alpha value is -2.22. The molecule has 25 heteroatoms. The summed E-state index contributed by atoms with van der Waals surface area (Å²) in [6.07, 6.45) is 10.9. The summed E-state index contributed by atoms with van der Waals surface area (Å²) in [5.41, 5.74) is -11.3. The molecule has 13 nitrogen and oxygen atoms in total. The van der Waals surface area contributed by atoms with Gasteiger partial charge in [0.2, 0.25) is 0 Å². The van der Waals surface area contributed by atoms with Gasteiger partial charge in [-0.25, -0.2) is 31.8 Å². The van der Waals surface area contributed by atoms with Crippen LogP contribution in [0.2, 0.25) is 0 Å². The van der Waals surface area contributed by atoms with Crippen molar-refractivity contribution in [3.63, 3.8) is 0 Å². The largest absolute Gasteiger partial charge is 2.00 e. The predicted octanol–water partition coefficient (Wildman–Crippen LogP) is 3.12. The minimum atomic E-state index is -6.09. The van der Waals surface area contributed by atoms with E-state index in [2.05, 4.69) is 34.8 Å². The van der Waals surface area contributed by atoms with Crippen molar-refractivity contribution in [1.29, 1.82) is 0 Å². The SMILES string of the molecule is C(=NCCN(CCN=Cc1nccs1)CCN=Cc1nccs1)c1nccs1.O=S(=O)([O-])C(F)(F)F.O=S(=O)([O-])C(F)(F)F.[Fe+2]. The first-order chi connectivity index (χ1) is 20.4. The van der Waals surface area contributed by atoms with Gasteiger partial charge < -0.3 is 9.11 Å². The normalized spacial score (nSPS) is 12.6. The number of aromatic nitrogens is 3. The molecule has 0 radical (unpaired) electrons. The fraction of sp³-hybridized carbons (Fsp3) is 0.400. The Balaban J connectivity index is 0.000000943. The number of alkyl halides is 6. The van der Waals surface area contributed by atoms with Crippen LogP contribution in [0, 0.1) is 0 Å². The zero-order chi connectivity index (χ0) is 33.3. The Morgan fingerprint density at radius 2 is 0.889 bits per heavy atom. The van der Waals surface area contributed by atoms with Crippen LogP contribution in [-0.4, -0.2) is 115 Å². The molecule has 3 heterocycles. The van der Waals surface area contributed by atoms with Gasteiger partial charge in [-0.1, -0.05) is 0 Å². The van der Waals surface area contributed by atoms with E-state index in [-0.39, 0.29) is 17.1 Å². The van der Waals surface area contributed by atoms with E-state index in [1.807, 2.05) is 34.8 Å². The van der Waals surface area contributed by atoms with Crippen LogP contribution in [0.15, 0.2) is 49.7 Å².